The van der Waals surface area contributed by atoms with Crippen molar-refractivity contribution in [3.05, 3.63) is 35.9 Å². The summed E-state index contributed by atoms with van der Waals surface area (Å²) in [5, 5.41) is 8.80. The smallest absolute Gasteiger partial charge is 0.222 e. The third kappa shape index (κ3) is 5.03. The lowest BCUT2D eigenvalue weighted by Gasteiger charge is -2.48. The molecule has 25 heavy (non-hydrogen) atoms. The number of likely N-dealkylation sites (tertiary alicyclic amines) is 2. The van der Waals surface area contributed by atoms with Crippen molar-refractivity contribution < 1.29 is 14.6 Å². The Morgan fingerprint density at radius 2 is 1.96 bits per heavy atom. The van der Waals surface area contributed by atoms with Crippen LogP contribution in [0.15, 0.2) is 30.3 Å². The number of carbonyl (C=O) groups is 1. The van der Waals surface area contributed by atoms with Crippen molar-refractivity contribution in [3.63, 3.8) is 0 Å². The average molecular weight is 346 g/mol. The summed E-state index contributed by atoms with van der Waals surface area (Å²) in [5.41, 5.74) is 1.44. The molecule has 1 amide bonds. The Hall–Kier alpha value is -1.43. The number of piperidine rings is 2. The van der Waals surface area contributed by atoms with Gasteiger partial charge in [0.2, 0.25) is 5.91 Å². The van der Waals surface area contributed by atoms with Gasteiger partial charge >= 0.3 is 0 Å². The molecule has 2 fully saturated rings. The van der Waals surface area contributed by atoms with Crippen LogP contribution in [0.3, 0.4) is 0 Å². The topological polar surface area (TPSA) is 53.0 Å². The van der Waals surface area contributed by atoms with Gasteiger partial charge in [0, 0.05) is 38.0 Å². The number of rotatable bonds is 7. The van der Waals surface area contributed by atoms with E-state index >= 15 is 0 Å². The van der Waals surface area contributed by atoms with Gasteiger partial charge in [-0.1, -0.05) is 30.3 Å². The van der Waals surface area contributed by atoms with E-state index in [2.05, 4.69) is 21.9 Å². The zero-order valence-corrected chi connectivity index (χ0v) is 15.0. The predicted octanol–water partition coefficient (Wildman–Crippen LogP) is 1.90. The van der Waals surface area contributed by atoms with Crippen molar-refractivity contribution in [1.29, 1.82) is 0 Å². The van der Waals surface area contributed by atoms with Gasteiger partial charge in [0.1, 0.15) is 0 Å². The van der Waals surface area contributed by atoms with Gasteiger partial charge in [0.15, 0.2) is 0 Å². The van der Waals surface area contributed by atoms with Gasteiger partial charge in [-0.2, -0.15) is 0 Å². The lowest BCUT2D eigenvalue weighted by atomic mass is 9.73. The molecule has 1 atom stereocenters. The molecule has 0 radical (unpaired) electrons. The lowest BCUT2D eigenvalue weighted by Crippen LogP contribution is -2.54. The summed E-state index contributed by atoms with van der Waals surface area (Å²) >= 11 is 0. The molecule has 2 aliphatic rings. The third-order valence-corrected chi connectivity index (χ3v) is 5.49. The van der Waals surface area contributed by atoms with E-state index in [4.69, 9.17) is 9.84 Å². The van der Waals surface area contributed by atoms with Crippen LogP contribution < -0.4 is 0 Å². The highest BCUT2D eigenvalue weighted by Crippen LogP contribution is 2.39. The van der Waals surface area contributed by atoms with E-state index in [9.17, 15) is 4.79 Å². The molecule has 3 rings (SSSR count). The van der Waals surface area contributed by atoms with Crippen molar-refractivity contribution in [3.8, 4) is 0 Å². The molecule has 1 aromatic carbocycles. The number of amides is 1. The number of hydrogen-bond acceptors (Lipinski definition) is 4. The first-order valence-electron chi connectivity index (χ1n) is 9.43. The quantitative estimate of drug-likeness (QED) is 0.766. The molecule has 1 N–H and O–H groups in total. The Morgan fingerprint density at radius 1 is 1.12 bits per heavy atom. The minimum atomic E-state index is 0.0838. The SMILES string of the molecule is O=C1CCC2(CCCN(CCOCCO)C2)CN1Cc1ccccc1. The summed E-state index contributed by atoms with van der Waals surface area (Å²) in [6.45, 7) is 5.83. The number of nitrogens with zero attached hydrogens (tertiary/aromatic N) is 2. The zero-order valence-electron chi connectivity index (χ0n) is 15.0. The van der Waals surface area contributed by atoms with Crippen LogP contribution in [0, 0.1) is 5.41 Å². The molecule has 2 aliphatic heterocycles. The van der Waals surface area contributed by atoms with Gasteiger partial charge in [-0.25, -0.2) is 0 Å². The van der Waals surface area contributed by atoms with Crippen LogP contribution in [-0.4, -0.2) is 66.8 Å². The van der Waals surface area contributed by atoms with Crippen LogP contribution in [0.1, 0.15) is 31.2 Å². The minimum absolute atomic E-state index is 0.0838. The third-order valence-electron chi connectivity index (χ3n) is 5.49. The molecule has 0 aromatic heterocycles. The molecule has 2 heterocycles. The van der Waals surface area contributed by atoms with Crippen molar-refractivity contribution >= 4 is 5.91 Å². The Bertz CT molecular complexity index is 551. The molecular formula is C20H30N2O3. The highest BCUT2D eigenvalue weighted by atomic mass is 16.5. The predicted molar refractivity (Wildman–Crippen MR) is 97.1 cm³/mol. The Morgan fingerprint density at radius 3 is 2.76 bits per heavy atom. The Kier molecular flexibility index (Phi) is 6.45. The number of benzene rings is 1. The summed E-state index contributed by atoms with van der Waals surface area (Å²) in [6.07, 6.45) is 4.07. The van der Waals surface area contributed by atoms with Gasteiger partial charge in [-0.15, -0.1) is 0 Å². The maximum Gasteiger partial charge on any atom is 0.222 e. The fourth-order valence-corrected chi connectivity index (χ4v) is 4.24. The van der Waals surface area contributed by atoms with E-state index in [1.165, 1.54) is 18.4 Å². The van der Waals surface area contributed by atoms with Crippen LogP contribution >= 0.6 is 0 Å². The van der Waals surface area contributed by atoms with E-state index < -0.39 is 0 Å². The fourth-order valence-electron chi connectivity index (χ4n) is 4.24. The first-order chi connectivity index (χ1) is 12.2. The summed E-state index contributed by atoms with van der Waals surface area (Å²) in [5.74, 6) is 0.290. The molecule has 0 aliphatic carbocycles. The number of carbonyl (C=O) groups excluding carboxylic acids is 1. The summed E-state index contributed by atoms with van der Waals surface area (Å²) in [6, 6.07) is 10.3. The molecule has 2 saturated heterocycles. The summed E-state index contributed by atoms with van der Waals surface area (Å²) < 4.78 is 5.42. The van der Waals surface area contributed by atoms with Crippen LogP contribution in [0.5, 0.6) is 0 Å². The Balaban J connectivity index is 1.57. The number of aliphatic hydroxyl groups is 1. The second-order valence-electron chi connectivity index (χ2n) is 7.45. The van der Waals surface area contributed by atoms with E-state index in [0.29, 0.717) is 19.6 Å². The molecule has 5 heteroatoms. The molecule has 0 saturated carbocycles. The number of aliphatic hydroxyl groups excluding tert-OH is 1. The lowest BCUT2D eigenvalue weighted by molar-refractivity contribution is -0.140. The molecule has 1 aromatic rings. The molecule has 0 bridgehead atoms. The standard InChI is InChI=1S/C20H30N2O3/c23-12-14-25-13-11-21-10-4-8-20(16-21)9-7-19(24)22(17-20)15-18-5-2-1-3-6-18/h1-3,5-6,23H,4,7-17H2. The van der Waals surface area contributed by atoms with Gasteiger partial charge in [-0.3, -0.25) is 4.79 Å². The van der Waals surface area contributed by atoms with E-state index in [0.717, 1.165) is 39.1 Å². The maximum absolute atomic E-state index is 12.4. The van der Waals surface area contributed by atoms with Crippen molar-refractivity contribution in [2.24, 2.45) is 5.41 Å². The number of hydrogen-bond donors (Lipinski definition) is 1. The normalized spacial score (nSPS) is 24.8. The van der Waals surface area contributed by atoms with Crippen molar-refractivity contribution in [2.75, 3.05) is 46.0 Å². The van der Waals surface area contributed by atoms with Crippen molar-refractivity contribution in [1.82, 2.24) is 9.80 Å². The van der Waals surface area contributed by atoms with Crippen LogP contribution in [-0.2, 0) is 16.1 Å². The average Bonchev–Trinajstić information content (AvgIpc) is 2.63. The molecule has 1 unspecified atom stereocenters. The minimum Gasteiger partial charge on any atom is -0.394 e. The fraction of sp³-hybridized carbons (Fsp3) is 0.650. The van der Waals surface area contributed by atoms with E-state index in [-0.39, 0.29) is 17.9 Å². The first-order valence-corrected chi connectivity index (χ1v) is 9.43. The molecule has 5 nitrogen and oxygen atoms in total. The van der Waals surface area contributed by atoms with Crippen LogP contribution in [0.4, 0.5) is 0 Å². The zero-order chi connectivity index (χ0) is 17.5. The largest absolute Gasteiger partial charge is 0.394 e. The summed E-state index contributed by atoms with van der Waals surface area (Å²) in [7, 11) is 0. The number of ether oxygens (including phenoxy) is 1. The second kappa shape index (κ2) is 8.79. The van der Waals surface area contributed by atoms with Gasteiger partial charge in [0.05, 0.1) is 19.8 Å². The van der Waals surface area contributed by atoms with Gasteiger partial charge < -0.3 is 19.6 Å². The van der Waals surface area contributed by atoms with E-state index in [1.807, 2.05) is 18.2 Å². The first kappa shape index (κ1) is 18.4. The van der Waals surface area contributed by atoms with Gasteiger partial charge in [-0.05, 0) is 31.4 Å². The highest BCUT2D eigenvalue weighted by molar-refractivity contribution is 5.77. The van der Waals surface area contributed by atoms with Crippen molar-refractivity contribution in [2.45, 2.75) is 32.2 Å². The van der Waals surface area contributed by atoms with Gasteiger partial charge in [0.25, 0.3) is 0 Å². The molecular weight excluding hydrogens is 316 g/mol. The molecule has 1 spiro atoms. The Labute approximate surface area is 150 Å². The maximum atomic E-state index is 12.4. The second-order valence-corrected chi connectivity index (χ2v) is 7.45. The summed E-state index contributed by atoms with van der Waals surface area (Å²) in [4.78, 5) is 16.9. The monoisotopic (exact) mass is 346 g/mol. The van der Waals surface area contributed by atoms with Crippen LogP contribution in [0.2, 0.25) is 0 Å². The van der Waals surface area contributed by atoms with E-state index in [1.54, 1.807) is 0 Å². The molecule has 138 valence electrons. The van der Waals surface area contributed by atoms with Crippen LogP contribution in [0.25, 0.3) is 0 Å². The highest BCUT2D eigenvalue weighted by Gasteiger charge is 2.41.